The Hall–Kier alpha value is -3.55. The average Bonchev–Trinajstić information content (AvgIpc) is 3.27. The van der Waals surface area contributed by atoms with Crippen LogP contribution >= 0.6 is 0 Å². The number of hydrogen-bond donors (Lipinski definition) is 1. The minimum absolute atomic E-state index is 0.281. The molecule has 8 heteroatoms. The number of benzene rings is 1. The van der Waals surface area contributed by atoms with Crippen LogP contribution in [0.5, 0.6) is 0 Å². The summed E-state index contributed by atoms with van der Waals surface area (Å²) in [4.78, 5) is 37.9. The molecule has 1 aromatic carbocycles. The number of aromatic nitrogens is 3. The molecule has 0 spiro atoms. The van der Waals surface area contributed by atoms with E-state index in [4.69, 9.17) is 4.74 Å². The van der Waals surface area contributed by atoms with Gasteiger partial charge in [0.1, 0.15) is 11.9 Å². The number of hydrogen-bond acceptors (Lipinski definition) is 6. The van der Waals surface area contributed by atoms with Crippen molar-refractivity contribution in [3.05, 3.63) is 59.3 Å². The van der Waals surface area contributed by atoms with Crippen LogP contribution < -0.4 is 5.32 Å². The average molecular weight is 391 g/mol. The van der Waals surface area contributed by atoms with E-state index in [9.17, 15) is 9.59 Å². The number of fused-ring (bicyclic) bond motifs is 2. The third kappa shape index (κ3) is 3.61. The highest BCUT2D eigenvalue weighted by Gasteiger charge is 2.27. The predicted molar refractivity (Wildman–Crippen MR) is 108 cm³/mol. The second-order valence-electron chi connectivity index (χ2n) is 7.87. The molecule has 3 aromatic rings. The first-order valence-electron chi connectivity index (χ1n) is 9.23. The Bertz CT molecular complexity index is 1170. The van der Waals surface area contributed by atoms with E-state index in [0.29, 0.717) is 29.0 Å². The van der Waals surface area contributed by atoms with Gasteiger partial charge in [0.05, 0.1) is 18.3 Å². The van der Waals surface area contributed by atoms with E-state index in [0.717, 1.165) is 11.3 Å². The first-order valence-corrected chi connectivity index (χ1v) is 9.23. The van der Waals surface area contributed by atoms with Crippen molar-refractivity contribution in [2.45, 2.75) is 39.8 Å². The molecule has 0 bridgehead atoms. The summed E-state index contributed by atoms with van der Waals surface area (Å²) in [6.07, 6.45) is 4.78. The van der Waals surface area contributed by atoms with Crippen LogP contribution in [0.2, 0.25) is 0 Å². The van der Waals surface area contributed by atoms with E-state index in [2.05, 4.69) is 20.3 Å². The maximum absolute atomic E-state index is 12.8. The van der Waals surface area contributed by atoms with Gasteiger partial charge >= 0.3 is 5.97 Å². The van der Waals surface area contributed by atoms with Gasteiger partial charge in [0.15, 0.2) is 11.4 Å². The van der Waals surface area contributed by atoms with Crippen LogP contribution in [-0.4, -0.2) is 37.6 Å². The normalized spacial score (nSPS) is 13.2. The Balaban J connectivity index is 1.58. The number of aryl methyl sites for hydroxylation is 1. The van der Waals surface area contributed by atoms with Crippen molar-refractivity contribution in [1.82, 2.24) is 14.4 Å². The number of aliphatic imine (C=N–C) groups is 1. The maximum Gasteiger partial charge on any atom is 0.357 e. The Labute approximate surface area is 167 Å². The molecule has 29 heavy (non-hydrogen) atoms. The van der Waals surface area contributed by atoms with Gasteiger partial charge in [-0.2, -0.15) is 0 Å². The van der Waals surface area contributed by atoms with E-state index < -0.39 is 11.6 Å². The second kappa shape index (κ2) is 6.80. The second-order valence-corrected chi connectivity index (χ2v) is 7.87. The van der Waals surface area contributed by atoms with Crippen molar-refractivity contribution in [1.29, 1.82) is 0 Å². The highest BCUT2D eigenvalue weighted by Crippen LogP contribution is 2.25. The SMILES string of the molecule is Cc1c(C(=O)Nc2ccc3c(c2)C(C(=O)OC(C)(C)C)=NC3)cnc2cncn12. The van der Waals surface area contributed by atoms with Gasteiger partial charge in [-0.25, -0.2) is 14.8 Å². The van der Waals surface area contributed by atoms with Crippen LogP contribution in [0, 0.1) is 6.92 Å². The molecule has 4 rings (SSSR count). The lowest BCUT2D eigenvalue weighted by atomic mass is 10.0. The first kappa shape index (κ1) is 18.8. The van der Waals surface area contributed by atoms with Crippen LogP contribution in [0.25, 0.3) is 5.65 Å². The molecule has 1 amide bonds. The molecule has 1 aliphatic rings. The number of nitrogens with one attached hydrogen (secondary N) is 1. The summed E-state index contributed by atoms with van der Waals surface area (Å²) < 4.78 is 7.20. The number of anilines is 1. The fourth-order valence-electron chi connectivity index (χ4n) is 3.18. The molecule has 148 valence electrons. The standard InChI is InChI=1S/C21H21N5O3/c1-12-16(9-23-17-10-22-11-26(12)17)19(27)25-14-6-5-13-8-24-18(15(13)7-14)20(28)29-21(2,3)4/h5-7,9-11H,8H2,1-4H3,(H,25,27). The number of imidazole rings is 1. The predicted octanol–water partition coefficient (Wildman–Crippen LogP) is 2.93. The molecule has 2 aromatic heterocycles. The quantitative estimate of drug-likeness (QED) is 0.692. The van der Waals surface area contributed by atoms with Crippen molar-refractivity contribution in [2.24, 2.45) is 4.99 Å². The Morgan fingerprint density at radius 2 is 2.00 bits per heavy atom. The summed E-state index contributed by atoms with van der Waals surface area (Å²) in [6, 6.07) is 5.40. The number of esters is 1. The molecule has 0 fully saturated rings. The number of amides is 1. The highest BCUT2D eigenvalue weighted by atomic mass is 16.6. The summed E-state index contributed by atoms with van der Waals surface area (Å²) in [6.45, 7) is 7.68. The fraction of sp³-hybridized carbons (Fsp3) is 0.286. The van der Waals surface area contributed by atoms with Crippen LogP contribution in [-0.2, 0) is 16.1 Å². The molecule has 8 nitrogen and oxygen atoms in total. The van der Waals surface area contributed by atoms with Crippen LogP contribution in [0.4, 0.5) is 5.69 Å². The largest absolute Gasteiger partial charge is 0.455 e. The number of ether oxygens (including phenoxy) is 1. The third-order valence-corrected chi connectivity index (χ3v) is 4.56. The molecule has 1 N–H and O–H groups in total. The van der Waals surface area contributed by atoms with Gasteiger partial charge < -0.3 is 10.1 Å². The monoisotopic (exact) mass is 391 g/mol. The zero-order chi connectivity index (χ0) is 20.8. The lowest BCUT2D eigenvalue weighted by molar-refractivity contribution is -0.146. The van der Waals surface area contributed by atoms with Crippen molar-refractivity contribution in [3.8, 4) is 0 Å². The molecule has 1 aliphatic heterocycles. The zero-order valence-electron chi connectivity index (χ0n) is 16.7. The van der Waals surface area contributed by atoms with Gasteiger partial charge in [0.2, 0.25) is 0 Å². The molecular formula is C21H21N5O3. The molecule has 0 saturated carbocycles. The smallest absolute Gasteiger partial charge is 0.357 e. The minimum Gasteiger partial charge on any atom is -0.455 e. The fourth-order valence-corrected chi connectivity index (χ4v) is 3.18. The third-order valence-electron chi connectivity index (χ3n) is 4.56. The van der Waals surface area contributed by atoms with Crippen LogP contribution in [0.15, 0.2) is 41.9 Å². The van der Waals surface area contributed by atoms with E-state index in [1.807, 2.05) is 33.8 Å². The van der Waals surface area contributed by atoms with Gasteiger partial charge in [0, 0.05) is 23.1 Å². The summed E-state index contributed by atoms with van der Waals surface area (Å²) >= 11 is 0. The molecule has 0 saturated heterocycles. The zero-order valence-corrected chi connectivity index (χ0v) is 16.7. The summed E-state index contributed by atoms with van der Waals surface area (Å²) in [7, 11) is 0. The van der Waals surface area contributed by atoms with Crippen molar-refractivity contribution in [2.75, 3.05) is 5.32 Å². The Morgan fingerprint density at radius 3 is 2.76 bits per heavy atom. The van der Waals surface area contributed by atoms with Crippen molar-refractivity contribution < 1.29 is 14.3 Å². The maximum atomic E-state index is 12.8. The molecular weight excluding hydrogens is 370 g/mol. The minimum atomic E-state index is -0.606. The topological polar surface area (TPSA) is 98.0 Å². The molecule has 0 radical (unpaired) electrons. The summed E-state index contributed by atoms with van der Waals surface area (Å²) in [5.74, 6) is -0.760. The molecule has 0 unspecified atom stereocenters. The molecule has 3 heterocycles. The van der Waals surface area contributed by atoms with Crippen LogP contribution in [0.1, 0.15) is 48.0 Å². The lowest BCUT2D eigenvalue weighted by Gasteiger charge is -2.19. The van der Waals surface area contributed by atoms with E-state index in [1.165, 1.54) is 6.20 Å². The number of nitrogens with zero attached hydrogens (tertiary/aromatic N) is 4. The van der Waals surface area contributed by atoms with Crippen LogP contribution in [0.3, 0.4) is 0 Å². The van der Waals surface area contributed by atoms with Gasteiger partial charge in [-0.1, -0.05) is 6.07 Å². The van der Waals surface area contributed by atoms with E-state index in [-0.39, 0.29) is 11.6 Å². The van der Waals surface area contributed by atoms with E-state index in [1.54, 1.807) is 29.1 Å². The van der Waals surface area contributed by atoms with Gasteiger partial charge in [-0.15, -0.1) is 0 Å². The van der Waals surface area contributed by atoms with Gasteiger partial charge in [-0.05, 0) is 45.4 Å². The van der Waals surface area contributed by atoms with E-state index >= 15 is 0 Å². The van der Waals surface area contributed by atoms with Crippen molar-refractivity contribution in [3.63, 3.8) is 0 Å². The Morgan fingerprint density at radius 1 is 1.21 bits per heavy atom. The lowest BCUT2D eigenvalue weighted by Crippen LogP contribution is -2.29. The summed E-state index contributed by atoms with van der Waals surface area (Å²) in [5, 5.41) is 2.87. The van der Waals surface area contributed by atoms with Crippen molar-refractivity contribution >= 4 is 28.9 Å². The number of rotatable bonds is 3. The number of carbonyl (C=O) groups is 2. The highest BCUT2D eigenvalue weighted by molar-refractivity contribution is 6.44. The molecule has 0 aliphatic carbocycles. The Kier molecular flexibility index (Phi) is 4.41. The number of carbonyl (C=O) groups excluding carboxylic acids is 2. The summed E-state index contributed by atoms with van der Waals surface area (Å²) in [5.41, 5.74) is 3.69. The first-order chi connectivity index (χ1) is 13.7. The van der Waals surface area contributed by atoms with Gasteiger partial charge in [0.25, 0.3) is 5.91 Å². The molecule has 0 atom stereocenters. The van der Waals surface area contributed by atoms with Gasteiger partial charge in [-0.3, -0.25) is 14.2 Å².